The van der Waals surface area contributed by atoms with Gasteiger partial charge in [-0.2, -0.15) is 5.10 Å². The van der Waals surface area contributed by atoms with Crippen LogP contribution in [0, 0.1) is 0 Å². The van der Waals surface area contributed by atoms with E-state index in [0.29, 0.717) is 10.8 Å². The molecule has 4 aromatic rings. The highest BCUT2D eigenvalue weighted by atomic mass is 35.5. The molecule has 0 aliphatic carbocycles. The zero-order valence-corrected chi connectivity index (χ0v) is 16.2. The molecule has 2 N–H and O–H groups in total. The van der Waals surface area contributed by atoms with E-state index < -0.39 is 0 Å². The summed E-state index contributed by atoms with van der Waals surface area (Å²) >= 11 is 6.02. The molecule has 0 fully saturated rings. The monoisotopic (exact) mass is 403 g/mol. The number of fused-ring (bicyclic) bond motifs is 1. The van der Waals surface area contributed by atoms with E-state index in [-0.39, 0.29) is 12.5 Å². The van der Waals surface area contributed by atoms with Crippen molar-refractivity contribution in [2.75, 3.05) is 6.61 Å². The molecule has 144 valence electrons. The summed E-state index contributed by atoms with van der Waals surface area (Å²) in [7, 11) is 0. The van der Waals surface area contributed by atoms with Crippen LogP contribution in [-0.4, -0.2) is 23.7 Å². The summed E-state index contributed by atoms with van der Waals surface area (Å²) in [6.07, 6.45) is 1.65. The molecule has 0 atom stereocenters. The van der Waals surface area contributed by atoms with Crippen LogP contribution >= 0.6 is 11.6 Å². The Morgan fingerprint density at radius 2 is 1.72 bits per heavy atom. The number of para-hydroxylation sites is 2. The molecule has 0 aliphatic heterocycles. The minimum absolute atomic E-state index is 0.180. The number of aromatic amines is 1. The third-order valence-electron chi connectivity index (χ3n) is 4.39. The highest BCUT2D eigenvalue weighted by Crippen LogP contribution is 2.29. The minimum atomic E-state index is -0.373. The molecule has 4 rings (SSSR count). The molecule has 0 bridgehead atoms. The Morgan fingerprint density at radius 3 is 2.55 bits per heavy atom. The first-order chi connectivity index (χ1) is 14.2. The van der Waals surface area contributed by atoms with Crippen molar-refractivity contribution in [3.8, 4) is 17.0 Å². The van der Waals surface area contributed by atoms with Gasteiger partial charge in [0, 0.05) is 16.5 Å². The quantitative estimate of drug-likeness (QED) is 0.350. The number of hydrogen-bond acceptors (Lipinski definition) is 3. The average Bonchev–Trinajstić information content (AvgIpc) is 3.12. The maximum atomic E-state index is 12.1. The second-order valence-electron chi connectivity index (χ2n) is 6.34. The van der Waals surface area contributed by atoms with Crippen molar-refractivity contribution in [3.05, 3.63) is 89.4 Å². The summed E-state index contributed by atoms with van der Waals surface area (Å²) in [5, 5.41) is 5.61. The number of hydrogen-bond donors (Lipinski definition) is 2. The van der Waals surface area contributed by atoms with E-state index in [0.717, 1.165) is 27.7 Å². The lowest BCUT2D eigenvalue weighted by atomic mass is 10.1. The van der Waals surface area contributed by atoms with Crippen LogP contribution in [0.3, 0.4) is 0 Å². The van der Waals surface area contributed by atoms with Gasteiger partial charge in [0.15, 0.2) is 6.61 Å². The molecule has 3 aromatic carbocycles. The van der Waals surface area contributed by atoms with E-state index in [1.165, 1.54) is 0 Å². The van der Waals surface area contributed by atoms with Crippen molar-refractivity contribution in [1.29, 1.82) is 0 Å². The van der Waals surface area contributed by atoms with Gasteiger partial charge in [0.2, 0.25) is 0 Å². The Kier molecular flexibility index (Phi) is 5.59. The fourth-order valence-electron chi connectivity index (χ4n) is 3.04. The number of rotatable bonds is 6. The molecule has 1 aromatic heterocycles. The summed E-state index contributed by atoms with van der Waals surface area (Å²) in [5.41, 5.74) is 6.39. The smallest absolute Gasteiger partial charge is 0.277 e. The summed E-state index contributed by atoms with van der Waals surface area (Å²) in [4.78, 5) is 15.5. The highest BCUT2D eigenvalue weighted by Gasteiger charge is 2.11. The van der Waals surface area contributed by atoms with E-state index >= 15 is 0 Å². The average molecular weight is 404 g/mol. The SMILES string of the molecule is O=C(COc1ccccc1Cl)N/N=C/c1c(-c2ccccc2)[nH]c2ccccc12. The Hall–Kier alpha value is -3.57. The van der Waals surface area contributed by atoms with Gasteiger partial charge in [-0.05, 0) is 23.8 Å². The highest BCUT2D eigenvalue weighted by molar-refractivity contribution is 6.32. The van der Waals surface area contributed by atoms with Crippen molar-refractivity contribution < 1.29 is 9.53 Å². The van der Waals surface area contributed by atoms with Crippen molar-refractivity contribution >= 4 is 34.6 Å². The number of H-pyrrole nitrogens is 1. The number of benzene rings is 3. The van der Waals surface area contributed by atoms with Crippen LogP contribution in [-0.2, 0) is 4.79 Å². The zero-order chi connectivity index (χ0) is 20.1. The van der Waals surface area contributed by atoms with E-state index in [9.17, 15) is 4.79 Å². The Morgan fingerprint density at radius 1 is 1.00 bits per heavy atom. The summed E-state index contributed by atoms with van der Waals surface area (Å²) in [6.45, 7) is -0.180. The van der Waals surface area contributed by atoms with Crippen LogP contribution in [0.5, 0.6) is 5.75 Å². The molecule has 0 aliphatic rings. The van der Waals surface area contributed by atoms with Crippen LogP contribution in [0.1, 0.15) is 5.56 Å². The van der Waals surface area contributed by atoms with Crippen LogP contribution in [0.2, 0.25) is 5.02 Å². The molecule has 1 heterocycles. The predicted octanol–water partition coefficient (Wildman–Crippen LogP) is 5.02. The van der Waals surface area contributed by atoms with E-state index in [1.54, 1.807) is 30.5 Å². The first kappa shape index (κ1) is 18.8. The van der Waals surface area contributed by atoms with E-state index in [1.807, 2.05) is 54.6 Å². The molecule has 0 radical (unpaired) electrons. The third-order valence-corrected chi connectivity index (χ3v) is 4.70. The Bertz CT molecular complexity index is 1170. The largest absolute Gasteiger partial charge is 0.482 e. The van der Waals surface area contributed by atoms with E-state index in [4.69, 9.17) is 16.3 Å². The number of nitrogens with one attached hydrogen (secondary N) is 2. The molecular weight excluding hydrogens is 386 g/mol. The fraction of sp³-hybridized carbons (Fsp3) is 0.0435. The van der Waals surface area contributed by atoms with Crippen LogP contribution in [0.4, 0.5) is 0 Å². The Balaban J connectivity index is 1.51. The summed E-state index contributed by atoms with van der Waals surface area (Å²) in [5.74, 6) is 0.0820. The van der Waals surface area contributed by atoms with E-state index in [2.05, 4.69) is 15.5 Å². The van der Waals surface area contributed by atoms with Gasteiger partial charge < -0.3 is 9.72 Å². The van der Waals surface area contributed by atoms with Crippen LogP contribution in [0.15, 0.2) is 84.0 Å². The Labute approximate surface area is 173 Å². The number of carbonyl (C=O) groups is 1. The normalized spacial score (nSPS) is 11.1. The van der Waals surface area contributed by atoms with Gasteiger partial charge in [0.05, 0.1) is 16.9 Å². The second-order valence-corrected chi connectivity index (χ2v) is 6.74. The van der Waals surface area contributed by atoms with Crippen molar-refractivity contribution in [2.45, 2.75) is 0 Å². The van der Waals surface area contributed by atoms with Crippen molar-refractivity contribution in [1.82, 2.24) is 10.4 Å². The number of nitrogens with zero attached hydrogens (tertiary/aromatic N) is 1. The van der Waals surface area contributed by atoms with Gasteiger partial charge in [-0.15, -0.1) is 0 Å². The molecule has 6 heteroatoms. The third kappa shape index (κ3) is 4.31. The number of amides is 1. The topological polar surface area (TPSA) is 66.5 Å². The van der Waals surface area contributed by atoms with Crippen LogP contribution < -0.4 is 10.2 Å². The minimum Gasteiger partial charge on any atom is -0.482 e. The van der Waals surface area contributed by atoms with Gasteiger partial charge in [0.25, 0.3) is 5.91 Å². The van der Waals surface area contributed by atoms with Gasteiger partial charge in [-0.3, -0.25) is 4.79 Å². The molecule has 5 nitrogen and oxygen atoms in total. The zero-order valence-electron chi connectivity index (χ0n) is 15.4. The summed E-state index contributed by atoms with van der Waals surface area (Å²) in [6, 6.07) is 25.0. The number of halogens is 1. The standard InChI is InChI=1S/C23H18ClN3O2/c24-19-11-5-7-13-21(19)29-15-22(28)27-25-14-18-17-10-4-6-12-20(17)26-23(18)16-8-2-1-3-9-16/h1-14,26H,15H2,(H,27,28)/b25-14+. The van der Waals surface area contributed by atoms with Gasteiger partial charge >= 0.3 is 0 Å². The number of carbonyl (C=O) groups excluding carboxylic acids is 1. The maximum absolute atomic E-state index is 12.1. The lowest BCUT2D eigenvalue weighted by molar-refractivity contribution is -0.123. The first-order valence-corrected chi connectivity index (χ1v) is 9.45. The molecule has 0 saturated heterocycles. The first-order valence-electron chi connectivity index (χ1n) is 9.08. The van der Waals surface area contributed by atoms with Crippen molar-refractivity contribution in [2.24, 2.45) is 5.10 Å². The summed E-state index contributed by atoms with van der Waals surface area (Å²) < 4.78 is 5.43. The van der Waals surface area contributed by atoms with Crippen molar-refractivity contribution in [3.63, 3.8) is 0 Å². The lowest BCUT2D eigenvalue weighted by Gasteiger charge is -2.06. The molecule has 0 spiro atoms. The maximum Gasteiger partial charge on any atom is 0.277 e. The molecule has 29 heavy (non-hydrogen) atoms. The molecule has 1 amide bonds. The van der Waals surface area contributed by atoms with Gasteiger partial charge in [-0.25, -0.2) is 5.43 Å². The van der Waals surface area contributed by atoms with Gasteiger partial charge in [0.1, 0.15) is 5.75 Å². The molecule has 0 unspecified atom stereocenters. The molecule has 0 saturated carbocycles. The number of ether oxygens (including phenoxy) is 1. The second kappa shape index (κ2) is 8.63. The number of aromatic nitrogens is 1. The predicted molar refractivity (Wildman–Crippen MR) is 116 cm³/mol. The fourth-order valence-corrected chi connectivity index (χ4v) is 3.23. The number of hydrazone groups is 1. The van der Waals surface area contributed by atoms with Crippen LogP contribution in [0.25, 0.3) is 22.2 Å². The lowest BCUT2D eigenvalue weighted by Crippen LogP contribution is -2.24. The molecular formula is C23H18ClN3O2. The van der Waals surface area contributed by atoms with Gasteiger partial charge in [-0.1, -0.05) is 72.3 Å².